The lowest BCUT2D eigenvalue weighted by atomic mass is 9.99. The Labute approximate surface area is 278 Å². The third-order valence-electron chi connectivity index (χ3n) is 7.62. The molecule has 1 heterocycles. The monoisotopic (exact) mass is 641 g/mol. The van der Waals surface area contributed by atoms with Crippen molar-refractivity contribution in [1.82, 2.24) is 10.4 Å². The maximum absolute atomic E-state index is 13.6. The summed E-state index contributed by atoms with van der Waals surface area (Å²) in [6, 6.07) is 31.9. The Kier molecular flexibility index (Phi) is 9.67. The number of carbonyl (C=O) groups excluding carboxylic acids is 2. The summed E-state index contributed by atoms with van der Waals surface area (Å²) < 4.78 is 22.7. The molecule has 242 valence electrons. The molecular weight excluding hydrogens is 606 g/mol. The number of esters is 1. The van der Waals surface area contributed by atoms with Crippen LogP contribution in [0.1, 0.15) is 47.2 Å². The average Bonchev–Trinajstić information content (AvgIpc) is 3.51. The number of nitrogens with one attached hydrogen (secondary N) is 2. The van der Waals surface area contributed by atoms with E-state index in [2.05, 4.69) is 21.6 Å². The molecule has 0 bridgehead atoms. The highest BCUT2D eigenvalue weighted by molar-refractivity contribution is 6.16. The summed E-state index contributed by atoms with van der Waals surface area (Å²) in [7, 11) is 0. The van der Waals surface area contributed by atoms with Gasteiger partial charge in [-0.25, -0.2) is 10.2 Å². The van der Waals surface area contributed by atoms with Crippen molar-refractivity contribution in [3.05, 3.63) is 120 Å². The molecule has 9 nitrogen and oxygen atoms in total. The van der Waals surface area contributed by atoms with Crippen molar-refractivity contribution in [2.75, 3.05) is 19.8 Å². The summed E-state index contributed by atoms with van der Waals surface area (Å²) >= 11 is 0. The molecule has 0 fully saturated rings. The molecule has 9 heteroatoms. The second-order valence-corrected chi connectivity index (χ2v) is 10.7. The fourth-order valence-corrected chi connectivity index (χ4v) is 5.53. The Morgan fingerprint density at radius 3 is 2.17 bits per heavy atom. The van der Waals surface area contributed by atoms with Gasteiger partial charge < -0.3 is 23.9 Å². The van der Waals surface area contributed by atoms with Crippen LogP contribution < -0.4 is 24.4 Å². The van der Waals surface area contributed by atoms with Crippen molar-refractivity contribution >= 4 is 39.8 Å². The fourth-order valence-electron chi connectivity index (χ4n) is 5.53. The van der Waals surface area contributed by atoms with Gasteiger partial charge in [-0.1, -0.05) is 66.7 Å². The molecule has 6 aromatic rings. The number of hydrazone groups is 1. The minimum atomic E-state index is -0.575. The average molecular weight is 642 g/mol. The second-order valence-electron chi connectivity index (χ2n) is 10.7. The number of nitrogens with zero attached hydrogens (tertiary/aromatic N) is 1. The van der Waals surface area contributed by atoms with Gasteiger partial charge in [0.1, 0.15) is 5.69 Å². The van der Waals surface area contributed by atoms with E-state index in [1.807, 2.05) is 81.4 Å². The third kappa shape index (κ3) is 6.71. The maximum Gasteiger partial charge on any atom is 0.343 e. The predicted molar refractivity (Wildman–Crippen MR) is 188 cm³/mol. The summed E-state index contributed by atoms with van der Waals surface area (Å²) in [4.78, 5) is 30.0. The number of hydrogen-bond donors (Lipinski definition) is 2. The molecule has 0 aliphatic carbocycles. The lowest BCUT2D eigenvalue weighted by Crippen LogP contribution is -2.18. The van der Waals surface area contributed by atoms with E-state index in [0.717, 1.165) is 32.8 Å². The van der Waals surface area contributed by atoms with E-state index in [0.29, 0.717) is 53.9 Å². The summed E-state index contributed by atoms with van der Waals surface area (Å²) in [5.41, 5.74) is 6.60. The molecule has 0 aliphatic rings. The van der Waals surface area contributed by atoms with Gasteiger partial charge in [-0.05, 0) is 73.7 Å². The summed E-state index contributed by atoms with van der Waals surface area (Å²) in [5, 5.41) is 7.28. The van der Waals surface area contributed by atoms with Crippen LogP contribution in [0.5, 0.6) is 23.0 Å². The van der Waals surface area contributed by atoms with Crippen LogP contribution in [0.2, 0.25) is 0 Å². The topological polar surface area (TPSA) is 111 Å². The van der Waals surface area contributed by atoms with E-state index >= 15 is 0 Å². The summed E-state index contributed by atoms with van der Waals surface area (Å²) in [6.07, 6.45) is 1.51. The highest BCUT2D eigenvalue weighted by atomic mass is 16.6. The molecule has 1 aromatic heterocycles. The van der Waals surface area contributed by atoms with Crippen molar-refractivity contribution in [1.29, 1.82) is 0 Å². The Bertz CT molecular complexity index is 2120. The molecule has 0 spiro atoms. The summed E-state index contributed by atoms with van der Waals surface area (Å²) in [5.74, 6) is 0.649. The molecule has 0 radical (unpaired) electrons. The summed E-state index contributed by atoms with van der Waals surface area (Å²) in [6.45, 7) is 6.80. The molecule has 48 heavy (non-hydrogen) atoms. The Morgan fingerprint density at radius 1 is 0.708 bits per heavy atom. The van der Waals surface area contributed by atoms with Gasteiger partial charge in [0.25, 0.3) is 5.91 Å². The van der Waals surface area contributed by atoms with E-state index in [4.69, 9.17) is 18.9 Å². The molecule has 2 N–H and O–H groups in total. The standard InChI is InChI=1S/C39H35N3O6/c1-4-45-31-21-18-28(23-34(31)47-6-3)39(44)48-32-20-16-25(22-33(32)46-5-2)24-40-42-38(43)37-35(27-13-8-7-9-14-27)30-19-17-26-12-10-11-15-29(26)36(30)41-37/h7-24,41H,4-6H2,1-3H3,(H,42,43). The number of H-pyrrole nitrogens is 1. The van der Waals surface area contributed by atoms with Gasteiger partial charge >= 0.3 is 5.97 Å². The largest absolute Gasteiger partial charge is 0.490 e. The first kappa shape index (κ1) is 31.9. The molecule has 5 aromatic carbocycles. The third-order valence-corrected chi connectivity index (χ3v) is 7.62. The van der Waals surface area contributed by atoms with E-state index in [1.54, 1.807) is 36.4 Å². The van der Waals surface area contributed by atoms with Crippen LogP contribution in [-0.4, -0.2) is 42.9 Å². The van der Waals surface area contributed by atoms with Crippen LogP contribution in [0, 0.1) is 0 Å². The number of carbonyl (C=O) groups is 2. The minimum Gasteiger partial charge on any atom is -0.490 e. The number of hydrogen-bond acceptors (Lipinski definition) is 7. The Hall–Kier alpha value is -6.09. The molecule has 6 rings (SSSR count). The predicted octanol–water partition coefficient (Wildman–Crippen LogP) is 8.17. The normalized spacial score (nSPS) is 11.1. The van der Waals surface area contributed by atoms with Gasteiger partial charge in [0.05, 0.1) is 37.1 Å². The van der Waals surface area contributed by atoms with Crippen LogP contribution in [0.4, 0.5) is 0 Å². The Balaban J connectivity index is 1.23. The number of rotatable bonds is 12. The van der Waals surface area contributed by atoms with E-state index in [9.17, 15) is 9.59 Å². The van der Waals surface area contributed by atoms with Crippen molar-refractivity contribution < 1.29 is 28.5 Å². The quantitative estimate of drug-likeness (QED) is 0.0604. The van der Waals surface area contributed by atoms with Gasteiger partial charge in [-0.2, -0.15) is 5.10 Å². The maximum atomic E-state index is 13.6. The highest BCUT2D eigenvalue weighted by Gasteiger charge is 2.21. The molecule has 0 atom stereocenters. The molecule has 0 saturated carbocycles. The first-order valence-corrected chi connectivity index (χ1v) is 15.8. The minimum absolute atomic E-state index is 0.243. The van der Waals surface area contributed by atoms with Crippen LogP contribution in [-0.2, 0) is 0 Å². The van der Waals surface area contributed by atoms with Crippen LogP contribution >= 0.6 is 0 Å². The van der Waals surface area contributed by atoms with Crippen molar-refractivity contribution in [2.45, 2.75) is 20.8 Å². The number of fused-ring (bicyclic) bond motifs is 3. The lowest BCUT2D eigenvalue weighted by Gasteiger charge is -2.13. The first-order valence-electron chi connectivity index (χ1n) is 15.8. The van der Waals surface area contributed by atoms with Gasteiger partial charge in [-0.15, -0.1) is 0 Å². The van der Waals surface area contributed by atoms with E-state index in [1.165, 1.54) is 6.21 Å². The molecule has 0 unspecified atom stereocenters. The molecular formula is C39H35N3O6. The van der Waals surface area contributed by atoms with Crippen molar-refractivity contribution in [3.63, 3.8) is 0 Å². The number of aromatic nitrogens is 1. The van der Waals surface area contributed by atoms with Crippen molar-refractivity contribution in [3.8, 4) is 34.1 Å². The molecule has 0 aliphatic heterocycles. The van der Waals surface area contributed by atoms with Gasteiger partial charge in [0, 0.05) is 16.3 Å². The van der Waals surface area contributed by atoms with Gasteiger partial charge in [-0.3, -0.25) is 4.79 Å². The van der Waals surface area contributed by atoms with Crippen LogP contribution in [0.15, 0.2) is 108 Å². The van der Waals surface area contributed by atoms with Gasteiger partial charge in [0.2, 0.25) is 0 Å². The smallest absolute Gasteiger partial charge is 0.343 e. The molecule has 1 amide bonds. The number of aromatic amines is 1. The van der Waals surface area contributed by atoms with Gasteiger partial charge in [0.15, 0.2) is 23.0 Å². The fraction of sp³-hybridized carbons (Fsp3) is 0.154. The first-order chi connectivity index (χ1) is 23.5. The Morgan fingerprint density at radius 2 is 1.40 bits per heavy atom. The van der Waals surface area contributed by atoms with Crippen LogP contribution in [0.25, 0.3) is 32.8 Å². The number of ether oxygens (including phenoxy) is 4. The second kappa shape index (κ2) is 14.6. The zero-order valence-corrected chi connectivity index (χ0v) is 26.9. The van der Waals surface area contributed by atoms with Crippen molar-refractivity contribution in [2.24, 2.45) is 5.10 Å². The number of amides is 1. The number of benzene rings is 5. The SMILES string of the molecule is CCOc1ccc(C(=O)Oc2ccc(C=NNC(=O)c3[nH]c4c(ccc5ccccc54)c3-c3ccccc3)cc2OCC)cc1OCC. The highest BCUT2D eigenvalue weighted by Crippen LogP contribution is 2.36. The van der Waals surface area contributed by atoms with Crippen LogP contribution in [0.3, 0.4) is 0 Å². The van der Waals surface area contributed by atoms with E-state index in [-0.39, 0.29) is 11.7 Å². The zero-order chi connectivity index (χ0) is 33.5. The van der Waals surface area contributed by atoms with E-state index < -0.39 is 5.97 Å². The lowest BCUT2D eigenvalue weighted by molar-refractivity contribution is 0.0727. The molecule has 0 saturated heterocycles. The zero-order valence-electron chi connectivity index (χ0n) is 26.9.